The highest BCUT2D eigenvalue weighted by Gasteiger charge is 2.25. The first-order valence-corrected chi connectivity index (χ1v) is 10.9. The largest absolute Gasteiger partial charge is 0.497 e. The van der Waals surface area contributed by atoms with Gasteiger partial charge >= 0.3 is 0 Å². The Morgan fingerprint density at radius 2 is 1.91 bits per heavy atom. The van der Waals surface area contributed by atoms with Gasteiger partial charge in [0.1, 0.15) is 11.5 Å². The van der Waals surface area contributed by atoms with Crippen LogP contribution in [0, 0.1) is 0 Å². The molecule has 7 nitrogen and oxygen atoms in total. The van der Waals surface area contributed by atoms with Crippen molar-refractivity contribution in [1.82, 2.24) is 15.4 Å². The van der Waals surface area contributed by atoms with Gasteiger partial charge in [-0.05, 0) is 54.8 Å². The molecule has 1 aromatic heterocycles. The molecular formula is C25H29N3O4. The molecular weight excluding hydrogens is 406 g/mol. The number of hydrogen-bond donors (Lipinski definition) is 1. The summed E-state index contributed by atoms with van der Waals surface area (Å²) in [5.74, 6) is 1.86. The molecule has 1 aliphatic rings. The van der Waals surface area contributed by atoms with Crippen LogP contribution >= 0.6 is 0 Å². The zero-order valence-electron chi connectivity index (χ0n) is 18.5. The molecule has 0 bridgehead atoms. The van der Waals surface area contributed by atoms with Gasteiger partial charge in [-0.1, -0.05) is 29.4 Å². The highest BCUT2D eigenvalue weighted by Crippen LogP contribution is 2.28. The zero-order chi connectivity index (χ0) is 22.3. The number of nitrogens with one attached hydrogen (secondary N) is 1. The minimum atomic E-state index is -0.266. The van der Waals surface area contributed by atoms with Gasteiger partial charge in [0, 0.05) is 31.6 Å². The van der Waals surface area contributed by atoms with Gasteiger partial charge in [-0.3, -0.25) is 9.69 Å². The first kappa shape index (κ1) is 21.9. The maximum absolute atomic E-state index is 12.5. The molecule has 0 aliphatic carbocycles. The number of piperidine rings is 1. The fraction of sp³-hybridized carbons (Fsp3) is 0.360. The zero-order valence-corrected chi connectivity index (χ0v) is 18.5. The van der Waals surface area contributed by atoms with Crippen molar-refractivity contribution in [2.75, 3.05) is 27.3 Å². The molecule has 1 atom stereocenters. The van der Waals surface area contributed by atoms with Crippen molar-refractivity contribution in [2.24, 2.45) is 0 Å². The van der Waals surface area contributed by atoms with Crippen LogP contribution in [0.3, 0.4) is 0 Å². The second-order valence-electron chi connectivity index (χ2n) is 8.07. The molecule has 1 aliphatic heterocycles. The van der Waals surface area contributed by atoms with Crippen LogP contribution in [0.4, 0.5) is 0 Å². The van der Waals surface area contributed by atoms with E-state index in [1.54, 1.807) is 20.3 Å². The number of amides is 1. The predicted octanol–water partition coefficient (Wildman–Crippen LogP) is 4.00. The number of benzene rings is 2. The maximum Gasteiger partial charge on any atom is 0.290 e. The lowest BCUT2D eigenvalue weighted by Gasteiger charge is -2.31. The topological polar surface area (TPSA) is 76.8 Å². The van der Waals surface area contributed by atoms with Gasteiger partial charge < -0.3 is 19.3 Å². The van der Waals surface area contributed by atoms with E-state index in [9.17, 15) is 4.79 Å². The van der Waals surface area contributed by atoms with E-state index in [0.29, 0.717) is 6.54 Å². The molecule has 1 fully saturated rings. The van der Waals surface area contributed by atoms with Crippen LogP contribution in [-0.2, 0) is 13.1 Å². The van der Waals surface area contributed by atoms with Crippen LogP contribution in [-0.4, -0.2) is 43.3 Å². The third kappa shape index (κ3) is 5.48. The number of rotatable bonds is 8. The molecule has 0 spiro atoms. The Labute approximate surface area is 188 Å². The van der Waals surface area contributed by atoms with Crippen molar-refractivity contribution in [3.05, 3.63) is 77.2 Å². The third-order valence-electron chi connectivity index (χ3n) is 5.83. The molecule has 1 unspecified atom stereocenters. The summed E-state index contributed by atoms with van der Waals surface area (Å²) in [6.45, 7) is 3.22. The summed E-state index contributed by atoms with van der Waals surface area (Å²) in [5.41, 5.74) is 3.05. The number of hydrogen-bond acceptors (Lipinski definition) is 6. The second-order valence-corrected chi connectivity index (χ2v) is 8.07. The van der Waals surface area contributed by atoms with E-state index in [1.807, 2.05) is 36.4 Å². The van der Waals surface area contributed by atoms with Crippen LogP contribution in [0.5, 0.6) is 11.5 Å². The molecule has 0 saturated carbocycles. The molecule has 1 amide bonds. The molecule has 4 rings (SSSR count). The minimum Gasteiger partial charge on any atom is -0.497 e. The first-order chi connectivity index (χ1) is 15.6. The summed E-state index contributed by atoms with van der Waals surface area (Å²) in [5, 5.41) is 7.09. The Bertz CT molecular complexity index is 1030. The molecule has 7 heteroatoms. The van der Waals surface area contributed by atoms with E-state index in [-0.39, 0.29) is 17.6 Å². The second kappa shape index (κ2) is 10.3. The Hall–Kier alpha value is -3.32. The molecule has 1 N–H and O–H groups in total. The maximum atomic E-state index is 12.5. The van der Waals surface area contributed by atoms with Crippen molar-refractivity contribution in [2.45, 2.75) is 31.8 Å². The van der Waals surface area contributed by atoms with E-state index in [2.05, 4.69) is 27.5 Å². The summed E-state index contributed by atoms with van der Waals surface area (Å²) in [6, 6.07) is 17.6. The van der Waals surface area contributed by atoms with Crippen molar-refractivity contribution in [1.29, 1.82) is 0 Å². The molecule has 1 saturated heterocycles. The normalized spacial score (nSPS) is 16.5. The minimum absolute atomic E-state index is 0.246. The number of likely N-dealkylation sites (tertiary alicyclic amines) is 1. The molecule has 0 radical (unpaired) electrons. The number of ether oxygens (including phenoxy) is 2. The lowest BCUT2D eigenvalue weighted by Crippen LogP contribution is -2.34. The van der Waals surface area contributed by atoms with Crippen LogP contribution in [0.25, 0.3) is 0 Å². The fourth-order valence-corrected chi connectivity index (χ4v) is 4.07. The van der Waals surface area contributed by atoms with Gasteiger partial charge in [-0.25, -0.2) is 0 Å². The Kier molecular flexibility index (Phi) is 7.07. The lowest BCUT2D eigenvalue weighted by atomic mass is 9.94. The van der Waals surface area contributed by atoms with Gasteiger partial charge in [-0.15, -0.1) is 0 Å². The van der Waals surface area contributed by atoms with E-state index >= 15 is 0 Å². The summed E-state index contributed by atoms with van der Waals surface area (Å²) < 4.78 is 15.8. The van der Waals surface area contributed by atoms with E-state index in [0.717, 1.165) is 55.2 Å². The van der Waals surface area contributed by atoms with Gasteiger partial charge in [-0.2, -0.15) is 0 Å². The summed E-state index contributed by atoms with van der Waals surface area (Å²) >= 11 is 0. The van der Waals surface area contributed by atoms with Crippen molar-refractivity contribution in [3.8, 4) is 11.5 Å². The number of carbonyl (C=O) groups excluding carboxylic acids is 1. The molecule has 3 aromatic rings. The Morgan fingerprint density at radius 3 is 2.69 bits per heavy atom. The highest BCUT2D eigenvalue weighted by atomic mass is 16.5. The summed E-state index contributed by atoms with van der Waals surface area (Å²) in [6.07, 6.45) is 2.13. The highest BCUT2D eigenvalue weighted by molar-refractivity contribution is 5.91. The van der Waals surface area contributed by atoms with Gasteiger partial charge in [0.25, 0.3) is 5.91 Å². The number of methoxy groups -OCH3 is 2. The van der Waals surface area contributed by atoms with Gasteiger partial charge in [0.15, 0.2) is 0 Å². The van der Waals surface area contributed by atoms with Gasteiger partial charge in [0.05, 0.1) is 19.9 Å². The van der Waals surface area contributed by atoms with Crippen LogP contribution in [0.1, 0.15) is 46.1 Å². The Morgan fingerprint density at radius 1 is 1.09 bits per heavy atom. The molecule has 32 heavy (non-hydrogen) atoms. The van der Waals surface area contributed by atoms with Crippen LogP contribution < -0.4 is 14.8 Å². The Balaban J connectivity index is 1.33. The van der Waals surface area contributed by atoms with E-state index in [1.165, 1.54) is 5.56 Å². The van der Waals surface area contributed by atoms with Crippen molar-refractivity contribution < 1.29 is 18.8 Å². The van der Waals surface area contributed by atoms with Crippen molar-refractivity contribution >= 4 is 5.91 Å². The predicted molar refractivity (Wildman–Crippen MR) is 121 cm³/mol. The monoisotopic (exact) mass is 435 g/mol. The first-order valence-electron chi connectivity index (χ1n) is 10.9. The van der Waals surface area contributed by atoms with E-state index < -0.39 is 0 Å². The number of carbonyl (C=O) groups is 1. The average molecular weight is 436 g/mol. The number of aromatic nitrogens is 1. The molecule has 168 valence electrons. The van der Waals surface area contributed by atoms with E-state index in [4.69, 9.17) is 14.0 Å². The molecule has 2 heterocycles. The summed E-state index contributed by atoms with van der Waals surface area (Å²) in [7, 11) is 3.30. The van der Waals surface area contributed by atoms with Crippen LogP contribution in [0.2, 0.25) is 0 Å². The fourth-order valence-electron chi connectivity index (χ4n) is 4.07. The smallest absolute Gasteiger partial charge is 0.290 e. The summed E-state index contributed by atoms with van der Waals surface area (Å²) in [4.78, 5) is 15.0. The average Bonchev–Trinajstić information content (AvgIpc) is 3.34. The SMILES string of the molecule is COc1ccc(CN2CCCC(c3cc(C(=O)NCc4cccc(OC)c4)on3)C2)cc1. The quantitative estimate of drug-likeness (QED) is 0.576. The van der Waals surface area contributed by atoms with Crippen molar-refractivity contribution in [3.63, 3.8) is 0 Å². The molecule has 2 aromatic carbocycles. The third-order valence-corrected chi connectivity index (χ3v) is 5.83. The van der Waals surface area contributed by atoms with Crippen LogP contribution in [0.15, 0.2) is 59.1 Å². The van der Waals surface area contributed by atoms with Gasteiger partial charge in [0.2, 0.25) is 5.76 Å². The number of nitrogens with zero attached hydrogens (tertiary/aromatic N) is 2. The lowest BCUT2D eigenvalue weighted by molar-refractivity contribution is 0.0913. The standard InChI is InChI=1S/C25H29N3O4/c1-30-21-10-8-18(9-11-21)16-28-12-4-6-20(17-28)23-14-24(32-27-23)25(29)26-15-19-5-3-7-22(13-19)31-2/h3,5,7-11,13-14,20H,4,6,12,15-17H2,1-2H3,(H,26,29).